The first-order valence-corrected chi connectivity index (χ1v) is 10.4. The SMILES string of the molecule is C#C/C=C(\C=C/C)CNC(=O)c1cccc(NCc2nnc(-c3ccncc3)n2CC)c1. The number of allylic oxidation sites excluding steroid dienone is 2. The van der Waals surface area contributed by atoms with Crippen LogP contribution in [0.15, 0.2) is 72.6 Å². The predicted octanol–water partition coefficient (Wildman–Crippen LogP) is 3.84. The number of anilines is 1. The van der Waals surface area contributed by atoms with Crippen molar-refractivity contribution in [3.05, 3.63) is 84.0 Å². The van der Waals surface area contributed by atoms with Gasteiger partial charge in [0.25, 0.3) is 5.91 Å². The molecule has 0 saturated carbocycles. The summed E-state index contributed by atoms with van der Waals surface area (Å²) in [5.74, 6) is 3.93. The van der Waals surface area contributed by atoms with Gasteiger partial charge in [-0.15, -0.1) is 16.6 Å². The number of amides is 1. The number of carbonyl (C=O) groups is 1. The lowest BCUT2D eigenvalue weighted by atomic mass is 10.1. The molecule has 0 saturated heterocycles. The third kappa shape index (κ3) is 5.70. The summed E-state index contributed by atoms with van der Waals surface area (Å²) in [5.41, 5.74) is 3.21. The maximum atomic E-state index is 12.6. The minimum Gasteiger partial charge on any atom is -0.378 e. The molecule has 0 fully saturated rings. The molecule has 0 aliphatic rings. The molecule has 3 rings (SSSR count). The molecule has 0 spiro atoms. The van der Waals surface area contributed by atoms with Crippen LogP contribution < -0.4 is 10.6 Å². The summed E-state index contributed by atoms with van der Waals surface area (Å²) >= 11 is 0. The number of terminal acetylenes is 1. The normalized spacial score (nSPS) is 11.3. The van der Waals surface area contributed by atoms with Crippen molar-refractivity contribution >= 4 is 11.6 Å². The van der Waals surface area contributed by atoms with Crippen molar-refractivity contribution < 1.29 is 4.79 Å². The number of rotatable bonds is 9. The van der Waals surface area contributed by atoms with Gasteiger partial charge in [-0.2, -0.15) is 0 Å². The van der Waals surface area contributed by atoms with Crippen LogP contribution >= 0.6 is 0 Å². The van der Waals surface area contributed by atoms with Gasteiger partial charge >= 0.3 is 0 Å². The third-order valence-electron chi connectivity index (χ3n) is 4.76. The molecule has 0 aliphatic heterocycles. The van der Waals surface area contributed by atoms with E-state index in [1.807, 2.05) is 49.4 Å². The fraction of sp³-hybridized carbons (Fsp3) is 0.200. The van der Waals surface area contributed by atoms with Crippen molar-refractivity contribution in [3.8, 4) is 23.7 Å². The van der Waals surface area contributed by atoms with Gasteiger partial charge in [0, 0.05) is 42.3 Å². The first-order valence-electron chi connectivity index (χ1n) is 10.4. The maximum Gasteiger partial charge on any atom is 0.251 e. The second-order valence-electron chi connectivity index (χ2n) is 6.92. The summed E-state index contributed by atoms with van der Waals surface area (Å²) in [5, 5.41) is 14.9. The summed E-state index contributed by atoms with van der Waals surface area (Å²) in [6.07, 6.45) is 14.2. The minimum atomic E-state index is -0.169. The molecule has 0 unspecified atom stereocenters. The van der Waals surface area contributed by atoms with E-state index in [0.29, 0.717) is 18.7 Å². The zero-order valence-electron chi connectivity index (χ0n) is 18.2. The van der Waals surface area contributed by atoms with E-state index in [0.717, 1.165) is 35.0 Å². The van der Waals surface area contributed by atoms with Gasteiger partial charge in [-0.05, 0) is 55.8 Å². The van der Waals surface area contributed by atoms with Crippen LogP contribution in [-0.4, -0.2) is 32.2 Å². The van der Waals surface area contributed by atoms with Crippen LogP contribution in [0.25, 0.3) is 11.4 Å². The number of aromatic nitrogens is 4. The van der Waals surface area contributed by atoms with E-state index in [1.54, 1.807) is 24.5 Å². The predicted molar refractivity (Wildman–Crippen MR) is 127 cm³/mol. The highest BCUT2D eigenvalue weighted by Crippen LogP contribution is 2.18. The molecule has 2 heterocycles. The van der Waals surface area contributed by atoms with Gasteiger partial charge in [0.1, 0.15) is 0 Å². The number of pyridine rings is 1. The van der Waals surface area contributed by atoms with Crippen molar-refractivity contribution in [1.82, 2.24) is 25.1 Å². The number of carbonyl (C=O) groups excluding carboxylic acids is 1. The quantitative estimate of drug-likeness (QED) is 0.401. The van der Waals surface area contributed by atoms with Crippen molar-refractivity contribution in [2.75, 3.05) is 11.9 Å². The van der Waals surface area contributed by atoms with Crippen LogP contribution in [0.2, 0.25) is 0 Å². The lowest BCUT2D eigenvalue weighted by Gasteiger charge is -2.11. The first-order chi connectivity index (χ1) is 15.7. The zero-order chi connectivity index (χ0) is 22.8. The topological polar surface area (TPSA) is 84.7 Å². The summed E-state index contributed by atoms with van der Waals surface area (Å²) in [4.78, 5) is 16.6. The molecule has 3 aromatic rings. The Bertz CT molecular complexity index is 1150. The highest BCUT2D eigenvalue weighted by molar-refractivity contribution is 5.95. The number of hydrogen-bond acceptors (Lipinski definition) is 5. The monoisotopic (exact) mass is 426 g/mol. The van der Waals surface area contributed by atoms with Crippen molar-refractivity contribution in [1.29, 1.82) is 0 Å². The van der Waals surface area contributed by atoms with E-state index in [2.05, 4.69) is 43.2 Å². The zero-order valence-corrected chi connectivity index (χ0v) is 18.2. The van der Waals surface area contributed by atoms with Crippen LogP contribution in [0.3, 0.4) is 0 Å². The highest BCUT2D eigenvalue weighted by atomic mass is 16.1. The second kappa shape index (κ2) is 11.3. The first kappa shape index (κ1) is 22.5. The Morgan fingerprint density at radius 3 is 2.75 bits per heavy atom. The van der Waals surface area contributed by atoms with Gasteiger partial charge in [-0.25, -0.2) is 0 Å². The Kier molecular flexibility index (Phi) is 7.93. The lowest BCUT2D eigenvalue weighted by molar-refractivity contribution is 0.0957. The van der Waals surface area contributed by atoms with Crippen LogP contribution in [0.4, 0.5) is 5.69 Å². The molecule has 2 N–H and O–H groups in total. The molecule has 0 atom stereocenters. The van der Waals surface area contributed by atoms with Crippen LogP contribution in [0, 0.1) is 12.3 Å². The molecule has 7 heteroatoms. The molecule has 7 nitrogen and oxygen atoms in total. The van der Waals surface area contributed by atoms with Gasteiger partial charge in [0.2, 0.25) is 0 Å². The summed E-state index contributed by atoms with van der Waals surface area (Å²) in [6.45, 7) is 5.54. The summed E-state index contributed by atoms with van der Waals surface area (Å²) < 4.78 is 2.06. The molecule has 1 amide bonds. The molecule has 0 radical (unpaired) electrons. The van der Waals surface area contributed by atoms with Crippen LogP contribution in [0.1, 0.15) is 30.0 Å². The fourth-order valence-electron chi connectivity index (χ4n) is 3.23. The van der Waals surface area contributed by atoms with Crippen molar-refractivity contribution in [2.45, 2.75) is 26.9 Å². The van der Waals surface area contributed by atoms with E-state index in [1.165, 1.54) is 0 Å². The number of nitrogens with one attached hydrogen (secondary N) is 2. The summed E-state index contributed by atoms with van der Waals surface area (Å²) in [6, 6.07) is 11.2. The van der Waals surface area contributed by atoms with E-state index >= 15 is 0 Å². The molecular formula is C25H26N6O. The Hall–Kier alpha value is -4.18. The number of hydrogen-bond donors (Lipinski definition) is 2. The fourth-order valence-corrected chi connectivity index (χ4v) is 3.23. The molecule has 0 aliphatic carbocycles. The summed E-state index contributed by atoms with van der Waals surface area (Å²) in [7, 11) is 0. The highest BCUT2D eigenvalue weighted by Gasteiger charge is 2.13. The molecule has 162 valence electrons. The standard InChI is InChI=1S/C25H26N6O/c1-4-8-19(9-5-2)17-28-25(32)21-10-7-11-22(16-21)27-18-23-29-30-24(31(23)6-3)20-12-14-26-15-13-20/h1,5,7-16,27H,6,17-18H2,2-3H3,(H,28,32)/b9-5-,19-8+. The van der Waals surface area contributed by atoms with Gasteiger partial charge < -0.3 is 15.2 Å². The van der Waals surface area contributed by atoms with Crippen molar-refractivity contribution in [3.63, 3.8) is 0 Å². The van der Waals surface area contributed by atoms with Gasteiger partial charge in [0.05, 0.1) is 6.54 Å². The van der Waals surface area contributed by atoms with Gasteiger partial charge in [-0.1, -0.05) is 24.1 Å². The van der Waals surface area contributed by atoms with Crippen LogP contribution in [-0.2, 0) is 13.1 Å². The Balaban J connectivity index is 1.67. The molecule has 32 heavy (non-hydrogen) atoms. The minimum absolute atomic E-state index is 0.169. The Labute approximate surface area is 188 Å². The molecule has 2 aromatic heterocycles. The maximum absolute atomic E-state index is 12.6. The van der Waals surface area contributed by atoms with E-state index in [9.17, 15) is 4.79 Å². The molecular weight excluding hydrogens is 400 g/mol. The molecule has 0 bridgehead atoms. The average Bonchev–Trinajstić information content (AvgIpc) is 3.25. The number of nitrogens with zero attached hydrogens (tertiary/aromatic N) is 4. The number of benzene rings is 1. The van der Waals surface area contributed by atoms with Gasteiger partial charge in [0.15, 0.2) is 11.6 Å². The largest absolute Gasteiger partial charge is 0.378 e. The van der Waals surface area contributed by atoms with E-state index in [-0.39, 0.29) is 5.91 Å². The second-order valence-corrected chi connectivity index (χ2v) is 6.92. The van der Waals surface area contributed by atoms with E-state index in [4.69, 9.17) is 6.42 Å². The lowest BCUT2D eigenvalue weighted by Crippen LogP contribution is -2.25. The Morgan fingerprint density at radius 1 is 1.22 bits per heavy atom. The third-order valence-corrected chi connectivity index (χ3v) is 4.76. The van der Waals surface area contributed by atoms with E-state index < -0.39 is 0 Å². The average molecular weight is 427 g/mol. The van der Waals surface area contributed by atoms with Gasteiger partial charge in [-0.3, -0.25) is 9.78 Å². The van der Waals surface area contributed by atoms with Crippen LogP contribution in [0.5, 0.6) is 0 Å². The Morgan fingerprint density at radius 2 is 2.03 bits per heavy atom. The van der Waals surface area contributed by atoms with Crippen molar-refractivity contribution in [2.24, 2.45) is 0 Å². The molecule has 1 aromatic carbocycles. The smallest absolute Gasteiger partial charge is 0.251 e.